The van der Waals surface area contributed by atoms with Gasteiger partial charge in [0.1, 0.15) is 24.0 Å². The molecule has 3 fully saturated rings. The van der Waals surface area contributed by atoms with Crippen LogP contribution in [0.5, 0.6) is 0 Å². The molecular weight excluding hydrogens is 746 g/mol. The summed E-state index contributed by atoms with van der Waals surface area (Å²) in [6.07, 6.45) is 3.27. The van der Waals surface area contributed by atoms with Crippen LogP contribution in [-0.4, -0.2) is 126 Å². The smallest absolute Gasteiger partial charge is 0.329 e. The summed E-state index contributed by atoms with van der Waals surface area (Å²) in [5.41, 5.74) is 2.44. The topological polar surface area (TPSA) is 178 Å². The summed E-state index contributed by atoms with van der Waals surface area (Å²) in [5, 5.41) is 34.3. The molecule has 2 bridgehead atoms. The Morgan fingerprint density at radius 3 is 2.21 bits per heavy atom. The van der Waals surface area contributed by atoms with Crippen LogP contribution in [0.25, 0.3) is 0 Å². The molecule has 0 aromatic heterocycles. The van der Waals surface area contributed by atoms with Gasteiger partial charge in [0.2, 0.25) is 5.79 Å². The quantitative estimate of drug-likeness (QED) is 0.178. The number of Topliss-reactive ketones (excluding diaryl/α,β-unsaturated/α-hetero) is 2. The summed E-state index contributed by atoms with van der Waals surface area (Å²) >= 11 is 0. The van der Waals surface area contributed by atoms with E-state index in [-0.39, 0.29) is 49.5 Å². The number of ether oxygens (including phenoxy) is 5. The molecule has 58 heavy (non-hydrogen) atoms. The van der Waals surface area contributed by atoms with Gasteiger partial charge >= 0.3 is 5.97 Å². The molecule has 1 amide bonds. The summed E-state index contributed by atoms with van der Waals surface area (Å²) in [4.78, 5) is 58.1. The number of aliphatic hydroxyl groups is 3. The molecule has 0 spiro atoms. The van der Waals surface area contributed by atoms with Crippen LogP contribution in [0.2, 0.25) is 0 Å². The monoisotopic (exact) mass is 817 g/mol. The zero-order chi connectivity index (χ0) is 43.1. The first-order valence-corrected chi connectivity index (χ1v) is 21.3. The Morgan fingerprint density at radius 1 is 0.914 bits per heavy atom. The lowest BCUT2D eigenvalue weighted by Crippen LogP contribution is -2.64. The van der Waals surface area contributed by atoms with Crippen molar-refractivity contribution >= 4 is 23.4 Å². The van der Waals surface area contributed by atoms with Crippen LogP contribution >= 0.6 is 0 Å². The number of allylic oxidation sites excluding steroid dienone is 4. The number of fused-ring (bicyclic) bond motifs is 3. The molecule has 1 aliphatic carbocycles. The highest BCUT2D eigenvalue weighted by molar-refractivity contribution is 6.39. The summed E-state index contributed by atoms with van der Waals surface area (Å²) in [5.74, 6) is -7.77. The Labute approximate surface area is 345 Å². The fraction of sp³-hybridized carbons (Fsp3) is 0.778. The van der Waals surface area contributed by atoms with Crippen LogP contribution in [0.3, 0.4) is 0 Å². The van der Waals surface area contributed by atoms with Gasteiger partial charge in [0, 0.05) is 52.0 Å². The van der Waals surface area contributed by atoms with Gasteiger partial charge in [-0.3, -0.25) is 14.4 Å². The van der Waals surface area contributed by atoms with Crippen molar-refractivity contribution in [3.8, 4) is 0 Å². The minimum Gasteiger partial charge on any atom is -0.456 e. The minimum absolute atomic E-state index is 0.00627. The van der Waals surface area contributed by atoms with Crippen molar-refractivity contribution < 1.29 is 58.2 Å². The van der Waals surface area contributed by atoms with E-state index in [0.717, 1.165) is 11.1 Å². The number of cyclic esters (lactones) is 1. The average molecular weight is 818 g/mol. The van der Waals surface area contributed by atoms with Gasteiger partial charge in [-0.05, 0) is 102 Å². The highest BCUT2D eigenvalue weighted by Gasteiger charge is 2.56. The average Bonchev–Trinajstić information content (AvgIpc) is 3.18. The zero-order valence-corrected chi connectivity index (χ0v) is 36.3. The first kappa shape index (κ1) is 47.9. The number of esters is 1. The Balaban J connectivity index is 1.79. The lowest BCUT2D eigenvalue weighted by Gasteiger charge is -2.47. The van der Waals surface area contributed by atoms with E-state index in [1.54, 1.807) is 21.0 Å². The second-order valence-corrected chi connectivity index (χ2v) is 17.9. The number of amides is 1. The molecule has 0 unspecified atom stereocenters. The van der Waals surface area contributed by atoms with Crippen molar-refractivity contribution in [2.24, 2.45) is 29.6 Å². The molecular formula is C45H71NO12. The van der Waals surface area contributed by atoms with Crippen molar-refractivity contribution in [1.29, 1.82) is 0 Å². The molecule has 2 saturated heterocycles. The highest BCUT2D eigenvalue weighted by atomic mass is 16.7. The van der Waals surface area contributed by atoms with E-state index in [1.807, 2.05) is 39.8 Å². The maximum Gasteiger partial charge on any atom is 0.329 e. The molecule has 13 nitrogen and oxygen atoms in total. The number of aliphatic hydroxyl groups excluding tert-OH is 2. The fourth-order valence-corrected chi connectivity index (χ4v) is 9.59. The van der Waals surface area contributed by atoms with Crippen LogP contribution in [0.15, 0.2) is 35.5 Å². The van der Waals surface area contributed by atoms with E-state index in [1.165, 1.54) is 19.1 Å². The third kappa shape index (κ3) is 11.5. The van der Waals surface area contributed by atoms with Gasteiger partial charge in [0.25, 0.3) is 11.7 Å². The summed E-state index contributed by atoms with van der Waals surface area (Å²) in [6.45, 7) is 15.2. The molecule has 328 valence electrons. The van der Waals surface area contributed by atoms with Crippen molar-refractivity contribution in [2.45, 2.75) is 167 Å². The predicted molar refractivity (Wildman–Crippen MR) is 217 cm³/mol. The number of carbonyl (C=O) groups excluding carboxylic acids is 4. The SMILES string of the molecule is C=C(C)C[C@@H]1/C=C(/C)C[C@@H](C)C[C@H](OC)[C@H]2O[C@](O)(C(=O)C(=O)N3CCCC[C@@H]3C(=O)O[C@H](/C(C)=C/[C@@H]3CC[C@@H](O)[C@H](OC)C3)[C@H](C)[C@@H](O)CC1=O)[C@H](C)C[C@@H]2OC. The van der Waals surface area contributed by atoms with Gasteiger partial charge in [-0.25, -0.2) is 4.79 Å². The molecule has 0 aromatic carbocycles. The molecule has 0 aromatic rings. The van der Waals surface area contributed by atoms with Crippen molar-refractivity contribution in [1.82, 2.24) is 4.90 Å². The molecule has 4 rings (SSSR count). The summed E-state index contributed by atoms with van der Waals surface area (Å²) in [6, 6.07) is -1.14. The van der Waals surface area contributed by atoms with Crippen LogP contribution in [0.4, 0.5) is 0 Å². The summed E-state index contributed by atoms with van der Waals surface area (Å²) < 4.78 is 29.8. The lowest BCUT2D eigenvalue weighted by atomic mass is 9.81. The first-order chi connectivity index (χ1) is 27.3. The van der Waals surface area contributed by atoms with Crippen LogP contribution in [0, 0.1) is 29.6 Å². The molecule has 14 atom stereocenters. The maximum absolute atomic E-state index is 14.3. The lowest BCUT2D eigenvalue weighted by molar-refractivity contribution is -0.302. The predicted octanol–water partition coefficient (Wildman–Crippen LogP) is 5.03. The Hall–Kier alpha value is -2.78. The van der Waals surface area contributed by atoms with Crippen molar-refractivity contribution in [3.63, 3.8) is 0 Å². The largest absolute Gasteiger partial charge is 0.456 e. The van der Waals surface area contributed by atoms with Gasteiger partial charge in [0.05, 0.1) is 30.5 Å². The fourth-order valence-electron chi connectivity index (χ4n) is 9.59. The van der Waals surface area contributed by atoms with Gasteiger partial charge in [-0.1, -0.05) is 44.1 Å². The summed E-state index contributed by atoms with van der Waals surface area (Å²) in [7, 11) is 4.62. The number of hydrogen-bond donors (Lipinski definition) is 3. The van der Waals surface area contributed by atoms with E-state index in [0.29, 0.717) is 56.9 Å². The third-order valence-electron chi connectivity index (χ3n) is 13.0. The van der Waals surface area contributed by atoms with E-state index >= 15 is 0 Å². The van der Waals surface area contributed by atoms with Crippen LogP contribution in [-0.2, 0) is 42.9 Å². The normalized spacial score (nSPS) is 40.5. The number of carbonyl (C=O) groups is 4. The molecule has 13 heteroatoms. The molecule has 0 radical (unpaired) electrons. The Bertz CT molecular complexity index is 1530. The Kier molecular flexibility index (Phi) is 17.5. The first-order valence-electron chi connectivity index (χ1n) is 21.3. The van der Waals surface area contributed by atoms with Crippen LogP contribution < -0.4 is 0 Å². The molecule has 3 aliphatic heterocycles. The molecule has 1 saturated carbocycles. The van der Waals surface area contributed by atoms with Gasteiger partial charge in [-0.2, -0.15) is 0 Å². The molecule has 3 heterocycles. The number of methoxy groups -OCH3 is 3. The Morgan fingerprint density at radius 2 is 1.57 bits per heavy atom. The number of nitrogens with zero attached hydrogens (tertiary/aromatic N) is 1. The molecule has 3 N–H and O–H groups in total. The van der Waals surface area contributed by atoms with Gasteiger partial charge in [-0.15, -0.1) is 6.58 Å². The number of piperidine rings is 1. The highest BCUT2D eigenvalue weighted by Crippen LogP contribution is 2.39. The van der Waals surface area contributed by atoms with E-state index in [4.69, 9.17) is 23.7 Å². The standard InChI is InChI=1S/C45H71NO12/c1-25(2)17-32-19-26(3)18-27(4)20-38(55-9)41-39(56-10)22-29(6)45(53,58-41)42(50)43(51)46-16-12-11-13-33(46)44(52)57-40(30(7)35(48)24-36(32)49)28(5)21-31-14-15-34(47)37(23-31)54-8/h19,21,27,29-35,37-41,47-48,53H,1,11-18,20,22-24H2,2-10H3/b26-19-,28-21+/t27-,29-,30-,31+,32-,33-,34-,35+,37-,38+,39+,40-,41-,45+/m1/s1. The second-order valence-electron chi connectivity index (χ2n) is 17.9. The van der Waals surface area contributed by atoms with E-state index < -0.39 is 83.9 Å². The van der Waals surface area contributed by atoms with E-state index in [9.17, 15) is 34.5 Å². The zero-order valence-electron chi connectivity index (χ0n) is 36.3. The minimum atomic E-state index is -2.51. The van der Waals surface area contributed by atoms with Crippen molar-refractivity contribution in [2.75, 3.05) is 27.9 Å². The number of ketones is 2. The second kappa shape index (κ2) is 21.1. The van der Waals surface area contributed by atoms with Crippen molar-refractivity contribution in [3.05, 3.63) is 35.5 Å². The third-order valence-corrected chi connectivity index (χ3v) is 13.0. The van der Waals surface area contributed by atoms with Gasteiger partial charge < -0.3 is 43.9 Å². The maximum atomic E-state index is 14.3. The number of rotatable bonds is 7. The number of hydrogen-bond acceptors (Lipinski definition) is 12. The van der Waals surface area contributed by atoms with Crippen LogP contribution in [0.1, 0.15) is 112 Å². The molecule has 4 aliphatic rings. The van der Waals surface area contributed by atoms with E-state index in [2.05, 4.69) is 6.58 Å². The van der Waals surface area contributed by atoms with Gasteiger partial charge in [0.15, 0.2) is 0 Å².